The summed E-state index contributed by atoms with van der Waals surface area (Å²) >= 11 is 2.45. The van der Waals surface area contributed by atoms with Crippen LogP contribution in [0.15, 0.2) is 12.1 Å². The van der Waals surface area contributed by atoms with E-state index in [1.165, 1.54) is 60.3 Å². The molecule has 0 spiro atoms. The Morgan fingerprint density at radius 1 is 1.16 bits per heavy atom. The van der Waals surface area contributed by atoms with Gasteiger partial charge in [0.1, 0.15) is 0 Å². The van der Waals surface area contributed by atoms with Crippen molar-refractivity contribution in [2.45, 2.75) is 50.4 Å². The lowest BCUT2D eigenvalue weighted by molar-refractivity contribution is 0.0598. The van der Waals surface area contributed by atoms with Crippen LogP contribution in [0.2, 0.25) is 0 Å². The highest BCUT2D eigenvalue weighted by Gasteiger charge is 2.31. The van der Waals surface area contributed by atoms with Gasteiger partial charge in [-0.1, -0.05) is 18.9 Å². The van der Waals surface area contributed by atoms with Crippen molar-refractivity contribution in [2.24, 2.45) is 0 Å². The number of carbonyl (C=O) groups is 1. The number of hydrogen-bond donors (Lipinski definition) is 0. The Kier molecular flexibility index (Phi) is 3.83. The lowest BCUT2D eigenvalue weighted by atomic mass is 9.74. The van der Waals surface area contributed by atoms with Gasteiger partial charge in [0.25, 0.3) is 0 Å². The van der Waals surface area contributed by atoms with Gasteiger partial charge in [-0.25, -0.2) is 4.79 Å². The van der Waals surface area contributed by atoms with E-state index in [0.717, 1.165) is 11.5 Å². The lowest BCUT2D eigenvalue weighted by Crippen LogP contribution is -2.19. The Balaban J connectivity index is 2.05. The normalized spacial score (nSPS) is 19.7. The molecule has 0 radical (unpaired) electrons. The molecule has 1 aromatic carbocycles. The zero-order chi connectivity index (χ0) is 13.4. The number of ether oxygens (including phenoxy) is 1. The van der Waals surface area contributed by atoms with Crippen LogP contribution in [0.5, 0.6) is 0 Å². The maximum atomic E-state index is 12.0. The van der Waals surface area contributed by atoms with E-state index in [-0.39, 0.29) is 5.97 Å². The summed E-state index contributed by atoms with van der Waals surface area (Å²) in [5, 5.41) is 0. The quantitative estimate of drug-likeness (QED) is 0.574. The summed E-state index contributed by atoms with van der Waals surface area (Å²) in [5.74, 6) is 1.11. The van der Waals surface area contributed by atoms with Gasteiger partial charge in [0.15, 0.2) is 0 Å². The van der Waals surface area contributed by atoms with Crippen molar-refractivity contribution in [1.29, 1.82) is 0 Å². The molecule has 1 aromatic rings. The second-order valence-electron chi connectivity index (χ2n) is 5.68. The standard InChI is InChI=1S/C16H19IO2/c1-19-16(18)13-9-8-12(10-4-2-5-10)15(17)14(13)11-6-3-7-11/h8-11H,2-7H2,1H3. The second-order valence-corrected chi connectivity index (χ2v) is 6.76. The highest BCUT2D eigenvalue weighted by Crippen LogP contribution is 2.45. The van der Waals surface area contributed by atoms with E-state index in [0.29, 0.717) is 5.92 Å². The SMILES string of the molecule is COC(=O)c1ccc(C2CCC2)c(I)c1C1CCC1. The third kappa shape index (κ3) is 2.30. The fourth-order valence-corrected chi connectivity index (χ4v) is 4.38. The molecule has 0 aromatic heterocycles. The number of methoxy groups -OCH3 is 1. The van der Waals surface area contributed by atoms with Crippen LogP contribution in [0.1, 0.15) is 71.8 Å². The third-order valence-corrected chi connectivity index (χ3v) is 5.88. The molecule has 0 bridgehead atoms. The van der Waals surface area contributed by atoms with E-state index in [1.54, 1.807) is 0 Å². The first-order valence-corrected chi connectivity index (χ1v) is 8.21. The Morgan fingerprint density at radius 3 is 2.26 bits per heavy atom. The molecule has 2 aliphatic carbocycles. The fourth-order valence-electron chi connectivity index (χ4n) is 3.03. The monoisotopic (exact) mass is 370 g/mol. The molecule has 0 atom stereocenters. The van der Waals surface area contributed by atoms with Crippen LogP contribution in [0.25, 0.3) is 0 Å². The summed E-state index contributed by atoms with van der Waals surface area (Å²) in [6, 6.07) is 4.15. The second kappa shape index (κ2) is 5.43. The van der Waals surface area contributed by atoms with Crippen molar-refractivity contribution in [1.82, 2.24) is 0 Å². The average Bonchev–Trinajstić information content (AvgIpc) is 2.28. The van der Waals surface area contributed by atoms with Crippen LogP contribution < -0.4 is 0 Å². The molecule has 0 N–H and O–H groups in total. The molecular weight excluding hydrogens is 351 g/mol. The zero-order valence-corrected chi connectivity index (χ0v) is 13.4. The van der Waals surface area contributed by atoms with E-state index in [2.05, 4.69) is 28.7 Å². The zero-order valence-electron chi connectivity index (χ0n) is 11.2. The van der Waals surface area contributed by atoms with Gasteiger partial charge in [0.05, 0.1) is 12.7 Å². The molecule has 2 saturated carbocycles. The van der Waals surface area contributed by atoms with Crippen LogP contribution in [0, 0.1) is 3.57 Å². The summed E-state index contributed by atoms with van der Waals surface area (Å²) in [5.41, 5.74) is 3.52. The first kappa shape index (κ1) is 13.4. The topological polar surface area (TPSA) is 26.3 Å². The Hall–Kier alpha value is -0.580. The summed E-state index contributed by atoms with van der Waals surface area (Å²) in [7, 11) is 1.47. The maximum absolute atomic E-state index is 12.0. The summed E-state index contributed by atoms with van der Waals surface area (Å²) in [6.45, 7) is 0. The van der Waals surface area contributed by atoms with Gasteiger partial charge in [-0.15, -0.1) is 0 Å². The number of esters is 1. The van der Waals surface area contributed by atoms with E-state index < -0.39 is 0 Å². The lowest BCUT2D eigenvalue weighted by Gasteiger charge is -2.32. The predicted molar refractivity (Wildman–Crippen MR) is 83.7 cm³/mol. The van der Waals surface area contributed by atoms with Gasteiger partial charge in [-0.05, 0) is 77.3 Å². The van der Waals surface area contributed by atoms with Gasteiger partial charge < -0.3 is 4.74 Å². The largest absolute Gasteiger partial charge is 0.465 e. The predicted octanol–water partition coefficient (Wildman–Crippen LogP) is 4.61. The van der Waals surface area contributed by atoms with Crippen molar-refractivity contribution in [3.8, 4) is 0 Å². The van der Waals surface area contributed by atoms with Gasteiger partial charge in [-0.3, -0.25) is 0 Å². The van der Waals surface area contributed by atoms with E-state index in [9.17, 15) is 4.79 Å². The van der Waals surface area contributed by atoms with Crippen molar-refractivity contribution in [3.05, 3.63) is 32.4 Å². The van der Waals surface area contributed by atoms with Crippen molar-refractivity contribution < 1.29 is 9.53 Å². The molecular formula is C16H19IO2. The van der Waals surface area contributed by atoms with Crippen molar-refractivity contribution in [2.75, 3.05) is 7.11 Å². The summed E-state index contributed by atoms with van der Waals surface area (Å²) in [4.78, 5) is 12.0. The molecule has 0 aliphatic heterocycles. The minimum absolute atomic E-state index is 0.181. The smallest absolute Gasteiger partial charge is 0.338 e. The number of hydrogen-bond acceptors (Lipinski definition) is 2. The van der Waals surface area contributed by atoms with Crippen molar-refractivity contribution >= 4 is 28.6 Å². The van der Waals surface area contributed by atoms with E-state index >= 15 is 0 Å². The number of halogens is 1. The van der Waals surface area contributed by atoms with Crippen LogP contribution >= 0.6 is 22.6 Å². The molecule has 0 saturated heterocycles. The van der Waals surface area contributed by atoms with E-state index in [4.69, 9.17) is 4.74 Å². The summed E-state index contributed by atoms with van der Waals surface area (Å²) in [6.07, 6.45) is 7.67. The third-order valence-electron chi connectivity index (χ3n) is 4.67. The highest BCUT2D eigenvalue weighted by atomic mass is 127. The van der Waals surface area contributed by atoms with Crippen LogP contribution in [0.4, 0.5) is 0 Å². The van der Waals surface area contributed by atoms with Crippen LogP contribution in [-0.2, 0) is 4.74 Å². The molecule has 2 nitrogen and oxygen atoms in total. The minimum atomic E-state index is -0.181. The Bertz CT molecular complexity index is 502. The molecule has 0 amide bonds. The Labute approximate surface area is 128 Å². The molecule has 3 heteroatoms. The molecule has 0 heterocycles. The number of carbonyl (C=O) groups excluding carboxylic acids is 1. The average molecular weight is 370 g/mol. The van der Waals surface area contributed by atoms with Gasteiger partial charge in [0.2, 0.25) is 0 Å². The number of benzene rings is 1. The van der Waals surface area contributed by atoms with E-state index in [1.807, 2.05) is 6.07 Å². The first-order chi connectivity index (χ1) is 9.22. The maximum Gasteiger partial charge on any atom is 0.338 e. The molecule has 0 unspecified atom stereocenters. The van der Waals surface area contributed by atoms with Gasteiger partial charge in [-0.2, -0.15) is 0 Å². The highest BCUT2D eigenvalue weighted by molar-refractivity contribution is 14.1. The molecule has 2 aliphatic rings. The van der Waals surface area contributed by atoms with Crippen molar-refractivity contribution in [3.63, 3.8) is 0 Å². The number of rotatable bonds is 3. The molecule has 2 fully saturated rings. The molecule has 19 heavy (non-hydrogen) atoms. The van der Waals surface area contributed by atoms with Crippen LogP contribution in [-0.4, -0.2) is 13.1 Å². The molecule has 102 valence electrons. The first-order valence-electron chi connectivity index (χ1n) is 7.13. The fraction of sp³-hybridized carbons (Fsp3) is 0.562. The molecule has 3 rings (SSSR count). The minimum Gasteiger partial charge on any atom is -0.465 e. The van der Waals surface area contributed by atoms with Crippen LogP contribution in [0.3, 0.4) is 0 Å². The summed E-state index contributed by atoms with van der Waals surface area (Å²) < 4.78 is 6.28. The van der Waals surface area contributed by atoms with Gasteiger partial charge >= 0.3 is 5.97 Å². The Morgan fingerprint density at radius 2 is 1.79 bits per heavy atom. The van der Waals surface area contributed by atoms with Gasteiger partial charge in [0, 0.05) is 3.57 Å².